The Morgan fingerprint density at radius 3 is 1.78 bits per heavy atom. The van der Waals surface area contributed by atoms with Crippen LogP contribution < -0.4 is 11.1 Å². The van der Waals surface area contributed by atoms with E-state index in [0.29, 0.717) is 5.56 Å². The van der Waals surface area contributed by atoms with Gasteiger partial charge in [-0.15, -0.1) is 0 Å². The van der Waals surface area contributed by atoms with Gasteiger partial charge in [0.2, 0.25) is 0 Å². The molecule has 1 aromatic rings. The van der Waals surface area contributed by atoms with Crippen molar-refractivity contribution in [1.82, 2.24) is 5.32 Å². The molecule has 0 saturated carbocycles. The van der Waals surface area contributed by atoms with Crippen LogP contribution in [0.1, 0.15) is 18.6 Å². The minimum atomic E-state index is -3.90. The number of nitrogens with one attached hydrogen (secondary N) is 1. The molecule has 14 nitrogen and oxygen atoms in total. The molecule has 0 aromatic heterocycles. The second kappa shape index (κ2) is 15.6. The summed E-state index contributed by atoms with van der Waals surface area (Å²) in [4.78, 5) is 26.8. The van der Waals surface area contributed by atoms with Gasteiger partial charge in [0.1, 0.15) is 6.10 Å². The molecule has 10 N–H and O–H groups in total. The van der Waals surface area contributed by atoms with E-state index in [1.54, 1.807) is 6.92 Å². The Balaban J connectivity index is 0.000000659. The summed E-state index contributed by atoms with van der Waals surface area (Å²) in [6.45, 7) is -0.120. The quantitative estimate of drug-likeness (QED) is 0.0783. The van der Waals surface area contributed by atoms with Crippen molar-refractivity contribution in [2.45, 2.75) is 46.3 Å². The van der Waals surface area contributed by atoms with Crippen molar-refractivity contribution in [3.8, 4) is 0 Å². The number of benzene rings is 1. The van der Waals surface area contributed by atoms with Crippen molar-refractivity contribution in [2.24, 2.45) is 5.73 Å². The maximum atomic E-state index is 11.4. The lowest BCUT2D eigenvalue weighted by molar-refractivity contribution is -0.121. The zero-order valence-corrected chi connectivity index (χ0v) is 23.1. The van der Waals surface area contributed by atoms with Crippen molar-refractivity contribution in [3.05, 3.63) is 29.8 Å². The number of alkyl halides is 2. The molecule has 1 aliphatic heterocycles. The lowest BCUT2D eigenvalue weighted by Gasteiger charge is -2.23. The Hall–Kier alpha value is -0.910. The molecule has 37 heavy (non-hydrogen) atoms. The van der Waals surface area contributed by atoms with Crippen LogP contribution in [0.15, 0.2) is 29.2 Å². The summed E-state index contributed by atoms with van der Waals surface area (Å²) in [6.07, 6.45) is -0.425. The summed E-state index contributed by atoms with van der Waals surface area (Å²) < 4.78 is 37.4. The van der Waals surface area contributed by atoms with Crippen molar-refractivity contribution in [3.63, 3.8) is 0 Å². The minimum Gasteiger partial charge on any atom is -0.394 e. The summed E-state index contributed by atoms with van der Waals surface area (Å²) in [5.41, 5.74) is 4.27. The van der Waals surface area contributed by atoms with Gasteiger partial charge in [0.05, 0.1) is 49.0 Å². The molecule has 0 bridgehead atoms. The van der Waals surface area contributed by atoms with Gasteiger partial charge in [-0.2, -0.15) is 0 Å². The smallest absolute Gasteiger partial charge is 0.356 e. The lowest BCUT2D eigenvalue weighted by atomic mass is 10.0. The Morgan fingerprint density at radius 2 is 1.57 bits per heavy atom. The van der Waals surface area contributed by atoms with Gasteiger partial charge in [-0.3, -0.25) is 9.36 Å². The molecule has 1 amide bonds. The topological polar surface area (TPSA) is 260 Å². The number of carbonyl (C=O) groups is 1. The Kier molecular flexibility index (Phi) is 15.2. The fraction of sp³-hybridized carbons (Fsp3) is 0.632. The van der Waals surface area contributed by atoms with E-state index in [1.807, 2.05) is 0 Å². The first-order valence-corrected chi connectivity index (χ1v) is 14.8. The first-order chi connectivity index (χ1) is 16.9. The number of amides is 1. The molecule has 1 saturated heterocycles. The fourth-order valence-electron chi connectivity index (χ4n) is 2.29. The van der Waals surface area contributed by atoms with Crippen LogP contribution in [0.5, 0.6) is 0 Å². The van der Waals surface area contributed by atoms with Crippen molar-refractivity contribution < 1.29 is 57.8 Å². The molecular weight excluding hydrogens is 582 g/mol. The van der Waals surface area contributed by atoms with E-state index in [-0.39, 0.29) is 11.0 Å². The van der Waals surface area contributed by atoms with E-state index in [2.05, 4.69) is 10.1 Å². The van der Waals surface area contributed by atoms with Crippen molar-refractivity contribution in [2.75, 3.05) is 32.7 Å². The number of epoxide rings is 1. The van der Waals surface area contributed by atoms with Crippen LogP contribution >= 0.6 is 30.8 Å². The largest absolute Gasteiger partial charge is 0.394 e. The van der Waals surface area contributed by atoms with E-state index in [1.165, 1.54) is 24.3 Å². The van der Waals surface area contributed by atoms with Gasteiger partial charge in [0.25, 0.3) is 5.91 Å². The molecule has 1 heterocycles. The summed E-state index contributed by atoms with van der Waals surface area (Å²) in [5.74, 6) is -1.56. The van der Waals surface area contributed by atoms with Crippen LogP contribution in [0.4, 0.5) is 0 Å². The summed E-state index contributed by atoms with van der Waals surface area (Å²) in [5, 5.41) is 46.6. The third-order valence-electron chi connectivity index (χ3n) is 4.71. The number of aliphatic hydroxyl groups excluding tert-OH is 5. The third kappa shape index (κ3) is 13.1. The van der Waals surface area contributed by atoms with Crippen LogP contribution in [0.2, 0.25) is 0 Å². The molecular formula is C19H33Cl2N2O12PS. The summed E-state index contributed by atoms with van der Waals surface area (Å²) in [7, 11) is -7.24. The molecule has 18 heteroatoms. The van der Waals surface area contributed by atoms with Crippen LogP contribution in [0.3, 0.4) is 0 Å². The van der Waals surface area contributed by atoms with Crippen LogP contribution in [-0.4, -0.2) is 111 Å². The molecule has 0 radical (unpaired) electrons. The predicted octanol–water partition coefficient (Wildman–Crippen LogP) is -2.03. The minimum absolute atomic E-state index is 0.101. The maximum Gasteiger partial charge on any atom is 0.356 e. The molecule has 0 unspecified atom stereocenters. The van der Waals surface area contributed by atoms with Crippen LogP contribution in [0, 0.1) is 0 Å². The fourth-order valence-corrected chi connectivity index (χ4v) is 3.95. The van der Waals surface area contributed by atoms with Crippen molar-refractivity contribution in [1.29, 1.82) is 0 Å². The van der Waals surface area contributed by atoms with Gasteiger partial charge < -0.3 is 51.1 Å². The molecule has 1 aliphatic rings. The van der Waals surface area contributed by atoms with Gasteiger partial charge >= 0.3 is 7.60 Å². The third-order valence-corrected chi connectivity index (χ3v) is 7.44. The van der Waals surface area contributed by atoms with E-state index in [4.69, 9.17) is 54.0 Å². The predicted molar refractivity (Wildman–Crippen MR) is 134 cm³/mol. The van der Waals surface area contributed by atoms with E-state index < -0.39 is 78.1 Å². The van der Waals surface area contributed by atoms with Gasteiger partial charge in [-0.05, 0) is 24.6 Å². The molecule has 0 aliphatic carbocycles. The highest BCUT2D eigenvalue weighted by atomic mass is 35.5. The number of sulfone groups is 1. The summed E-state index contributed by atoms with van der Waals surface area (Å²) >= 11 is 10.7. The zero-order valence-electron chi connectivity index (χ0n) is 19.9. The zero-order chi connectivity index (χ0) is 29.2. The number of nitrogens with two attached hydrogens (primary N) is 1. The number of halogens is 2. The van der Waals surface area contributed by atoms with Gasteiger partial charge in [-0.25, -0.2) is 8.42 Å². The second-order valence-electron chi connectivity index (χ2n) is 8.04. The molecule has 216 valence electrons. The molecule has 2 rings (SSSR count). The number of hydrogen-bond acceptors (Lipinski definition) is 11. The van der Waals surface area contributed by atoms with Crippen molar-refractivity contribution >= 4 is 46.5 Å². The van der Waals surface area contributed by atoms with Gasteiger partial charge in [0, 0.05) is 6.26 Å². The Bertz CT molecular complexity index is 981. The number of aliphatic hydroxyl groups is 5. The average molecular weight is 615 g/mol. The molecule has 4 atom stereocenters. The molecule has 0 spiro atoms. The SMILES string of the molecule is CS(=O)(=O)c1ccc([C@@H](O)[C@@H](CO)NC(=O)C(Cl)Cl)cc1.C[C@@H]1O[C@@H]1P(=O)(O)O.NC(CO)(CO)CO. The Labute approximate surface area is 224 Å². The summed E-state index contributed by atoms with van der Waals surface area (Å²) in [6, 6.07) is 4.44. The highest BCUT2D eigenvalue weighted by Gasteiger charge is 2.48. The number of hydrogen-bond donors (Lipinski definition) is 9. The van der Waals surface area contributed by atoms with E-state index >= 15 is 0 Å². The standard InChI is InChI=1S/C12H15Cl2NO5S.C4H11NO3.C3H7O4P/c1-21(19,20)8-4-2-7(3-5-8)10(17)9(6-16)15-12(18)11(13)14;5-4(1-6,2-7)3-8;1-2-3(7-2)8(4,5)6/h2-5,9-11,16-17H,6H2,1H3,(H,15,18);6-8H,1-3,5H2;2-3H,1H3,(H2,4,5,6)/t9-,10-;;2-,3+/m1.0/s1. The van der Waals surface area contributed by atoms with Crippen LogP contribution in [-0.2, 0) is 23.9 Å². The number of ether oxygens (including phenoxy) is 1. The highest BCUT2D eigenvalue weighted by Crippen LogP contribution is 2.52. The lowest BCUT2D eigenvalue weighted by Crippen LogP contribution is -2.50. The first-order valence-electron chi connectivity index (χ1n) is 10.4. The molecule has 1 fully saturated rings. The maximum absolute atomic E-state index is 11.4. The highest BCUT2D eigenvalue weighted by molar-refractivity contribution is 7.90. The van der Waals surface area contributed by atoms with Gasteiger partial charge in [0.15, 0.2) is 20.5 Å². The number of carbonyl (C=O) groups excluding carboxylic acids is 1. The van der Waals surface area contributed by atoms with Crippen LogP contribution in [0.25, 0.3) is 0 Å². The van der Waals surface area contributed by atoms with E-state index in [0.717, 1.165) is 6.26 Å². The Morgan fingerprint density at radius 1 is 1.14 bits per heavy atom. The first kappa shape index (κ1) is 36.1. The van der Waals surface area contributed by atoms with Gasteiger partial charge in [-0.1, -0.05) is 35.3 Å². The second-order valence-corrected chi connectivity index (χ2v) is 12.8. The average Bonchev–Trinajstić information content (AvgIpc) is 3.59. The van der Waals surface area contributed by atoms with E-state index in [9.17, 15) is 28.0 Å². The monoisotopic (exact) mass is 614 g/mol. The molecule has 1 aromatic carbocycles. The number of rotatable bonds is 10. The normalized spacial score (nSPS) is 19.1.